The molecule has 0 saturated heterocycles. The minimum absolute atomic E-state index is 0.156. The summed E-state index contributed by atoms with van der Waals surface area (Å²) in [7, 11) is 0. The molecule has 0 spiro atoms. The molecule has 2 aliphatic carbocycles. The Morgan fingerprint density at radius 1 is 0.500 bits per heavy atom. The molecule has 2 heterocycles. The van der Waals surface area contributed by atoms with Crippen molar-refractivity contribution in [3.8, 4) is 22.3 Å². The van der Waals surface area contributed by atoms with E-state index in [4.69, 9.17) is 0 Å². The molecule has 9 aromatic carbocycles. The van der Waals surface area contributed by atoms with Crippen LogP contribution in [0.2, 0.25) is 0 Å². The lowest BCUT2D eigenvalue weighted by Crippen LogP contribution is -2.52. The van der Waals surface area contributed by atoms with Crippen molar-refractivity contribution in [2.24, 2.45) is 0 Å². The van der Waals surface area contributed by atoms with Crippen LogP contribution in [0.4, 0.5) is 28.4 Å². The molecule has 2 nitrogen and oxygen atoms in total. The first kappa shape index (κ1) is 39.4. The monoisotopic (exact) mass is 882 g/mol. The van der Waals surface area contributed by atoms with Crippen molar-refractivity contribution in [3.05, 3.63) is 229 Å². The van der Waals surface area contributed by atoms with E-state index in [2.05, 4.69) is 249 Å². The van der Waals surface area contributed by atoms with E-state index in [1.165, 1.54) is 109 Å². The largest absolute Gasteiger partial charge is 0.330 e. The molecule has 0 radical (unpaired) electrons. The fraction of sp³-hybridized carbons (Fsp3) is 0.0968. The van der Waals surface area contributed by atoms with Crippen LogP contribution in [-0.4, -0.2) is 10.8 Å². The number of fused-ring (bicyclic) bond motifs is 9. The van der Waals surface area contributed by atoms with Crippen molar-refractivity contribution in [1.82, 2.24) is 0 Å². The lowest BCUT2D eigenvalue weighted by Gasteiger charge is -2.50. The zero-order valence-corrected chi connectivity index (χ0v) is 38.7. The van der Waals surface area contributed by atoms with Crippen molar-refractivity contribution >= 4 is 85.7 Å². The molecule has 2 aliphatic heterocycles. The molecule has 4 heteroatoms. The number of para-hydroxylation sites is 3. The summed E-state index contributed by atoms with van der Waals surface area (Å²) >= 11 is 3.82. The van der Waals surface area contributed by atoms with E-state index in [1.807, 2.05) is 23.5 Å². The van der Waals surface area contributed by atoms with E-state index >= 15 is 0 Å². The summed E-state index contributed by atoms with van der Waals surface area (Å²) in [6.07, 6.45) is 13.8. The van der Waals surface area contributed by atoms with Gasteiger partial charge in [-0.15, -0.1) is 11.8 Å². The first-order valence-corrected chi connectivity index (χ1v) is 24.6. The van der Waals surface area contributed by atoms with Gasteiger partial charge in [0.15, 0.2) is 0 Å². The third kappa shape index (κ3) is 6.12. The van der Waals surface area contributed by atoms with E-state index in [-0.39, 0.29) is 11.0 Å². The molecule has 4 aliphatic rings. The van der Waals surface area contributed by atoms with Gasteiger partial charge in [-0.2, -0.15) is 0 Å². The van der Waals surface area contributed by atoms with Crippen molar-refractivity contribution in [2.45, 2.75) is 51.7 Å². The molecule has 0 N–H and O–H groups in total. The van der Waals surface area contributed by atoms with Gasteiger partial charge in [-0.05, 0) is 140 Å². The Kier molecular flexibility index (Phi) is 8.97. The number of hydrogen-bond acceptors (Lipinski definition) is 4. The molecule has 0 saturated carbocycles. The average Bonchev–Trinajstić information content (AvgIpc) is 3.57. The predicted octanol–water partition coefficient (Wildman–Crippen LogP) is 17.6. The van der Waals surface area contributed by atoms with E-state index in [9.17, 15) is 0 Å². The van der Waals surface area contributed by atoms with Crippen LogP contribution in [0.25, 0.3) is 56.0 Å². The Hall–Kier alpha value is -6.98. The lowest BCUT2D eigenvalue weighted by atomic mass is 9.81. The normalized spacial score (nSPS) is 18.5. The van der Waals surface area contributed by atoms with Gasteiger partial charge in [0.05, 0.1) is 27.9 Å². The Morgan fingerprint density at radius 2 is 1.14 bits per heavy atom. The number of anilines is 5. The Labute approximate surface area is 395 Å². The maximum absolute atomic E-state index is 2.58. The number of nitrogens with zero attached hydrogens (tertiary/aromatic N) is 2. The van der Waals surface area contributed by atoms with Gasteiger partial charge in [-0.3, -0.25) is 0 Å². The zero-order valence-electron chi connectivity index (χ0n) is 37.1. The molecule has 0 amide bonds. The van der Waals surface area contributed by atoms with Gasteiger partial charge in [0.2, 0.25) is 0 Å². The van der Waals surface area contributed by atoms with Crippen molar-refractivity contribution < 1.29 is 0 Å². The maximum atomic E-state index is 2.58. The molecule has 0 bridgehead atoms. The minimum atomic E-state index is -0.174. The minimum Gasteiger partial charge on any atom is -0.330 e. The third-order valence-electron chi connectivity index (χ3n) is 14.4. The summed E-state index contributed by atoms with van der Waals surface area (Å²) in [5.74, 6) is 0. The second-order valence-electron chi connectivity index (χ2n) is 18.7. The third-order valence-corrected chi connectivity index (χ3v) is 17.0. The van der Waals surface area contributed by atoms with E-state index in [1.54, 1.807) is 0 Å². The number of thioether (sulfide) groups is 1. The molecule has 9 aromatic rings. The quantitative estimate of drug-likeness (QED) is 0.159. The maximum Gasteiger partial charge on any atom is 0.0765 e. The second kappa shape index (κ2) is 15.0. The topological polar surface area (TPSA) is 6.48 Å². The van der Waals surface area contributed by atoms with Gasteiger partial charge in [0, 0.05) is 31.5 Å². The molecular formula is C62H46N2S2. The van der Waals surface area contributed by atoms with Crippen LogP contribution in [0.3, 0.4) is 0 Å². The Balaban J connectivity index is 0.803. The molecule has 2 atom stereocenters. The number of rotatable bonds is 5. The molecule has 316 valence electrons. The van der Waals surface area contributed by atoms with E-state index < -0.39 is 0 Å². The highest BCUT2D eigenvalue weighted by atomic mass is 32.2. The van der Waals surface area contributed by atoms with Crippen LogP contribution < -0.4 is 9.80 Å². The van der Waals surface area contributed by atoms with Gasteiger partial charge in [-0.1, -0.05) is 177 Å². The molecule has 13 rings (SSSR count). The van der Waals surface area contributed by atoms with Crippen molar-refractivity contribution in [1.29, 1.82) is 0 Å². The molecule has 0 aromatic heterocycles. The Morgan fingerprint density at radius 3 is 1.94 bits per heavy atom. The van der Waals surface area contributed by atoms with Gasteiger partial charge in [-0.25, -0.2) is 0 Å². The fourth-order valence-electron chi connectivity index (χ4n) is 11.0. The zero-order chi connectivity index (χ0) is 44.1. The highest BCUT2D eigenvalue weighted by molar-refractivity contribution is 8.00. The summed E-state index contributed by atoms with van der Waals surface area (Å²) in [5, 5.41) is 5.29. The molecular weight excluding hydrogens is 837 g/mol. The van der Waals surface area contributed by atoms with Crippen molar-refractivity contribution in [2.75, 3.05) is 9.80 Å². The number of allylic oxidation sites excluding steroid dienone is 2. The Bertz CT molecular complexity index is 3530. The summed E-state index contributed by atoms with van der Waals surface area (Å²) < 4.78 is 0. The van der Waals surface area contributed by atoms with Crippen LogP contribution in [0.5, 0.6) is 0 Å². The van der Waals surface area contributed by atoms with E-state index in [0.717, 1.165) is 0 Å². The second-order valence-corrected chi connectivity index (χ2v) is 20.9. The number of hydrogen-bond donors (Lipinski definition) is 0. The van der Waals surface area contributed by atoms with Crippen LogP contribution >= 0.6 is 23.5 Å². The van der Waals surface area contributed by atoms with Gasteiger partial charge >= 0.3 is 0 Å². The highest BCUT2D eigenvalue weighted by Crippen LogP contribution is 2.56. The SMILES string of the molecule is CC1(C)c2cc(C=Cc3ccc(-c4ccc5cc(N6c7ccccc7Sc7ccccc76)ccc5c4)c4ccccc34)ccc2-c2ccc(N3c4ccccc4SC4C=CC=CC43C)cc21. The van der Waals surface area contributed by atoms with E-state index in [0.29, 0.717) is 5.25 Å². The summed E-state index contributed by atoms with van der Waals surface area (Å²) in [5.41, 5.74) is 16.1. The summed E-state index contributed by atoms with van der Waals surface area (Å²) in [6.45, 7) is 7.18. The van der Waals surface area contributed by atoms with Crippen LogP contribution in [0.15, 0.2) is 221 Å². The van der Waals surface area contributed by atoms with Gasteiger partial charge in [0.1, 0.15) is 0 Å². The van der Waals surface area contributed by atoms with Crippen LogP contribution in [0, 0.1) is 0 Å². The standard InChI is InChI=1S/C62H46N2S2/c1-61(2)52-36-40(24-32-50(52)51-34-31-46(39-53(51)61)64-56-18-8-11-21-59(56)66-60-22-12-13-35-62(60,64)3)23-25-41-29-33-48(49-15-5-4-14-47(41)49)44-27-26-43-38-45(30-28-42(43)37-44)63-54-16-6-9-19-57(54)65-58-20-10-7-17-55(58)63/h4-39,60H,1-3H3. The van der Waals surface area contributed by atoms with Gasteiger partial charge < -0.3 is 9.80 Å². The predicted molar refractivity (Wildman–Crippen MR) is 284 cm³/mol. The van der Waals surface area contributed by atoms with Crippen LogP contribution in [0.1, 0.15) is 43.0 Å². The molecule has 66 heavy (non-hydrogen) atoms. The first-order chi connectivity index (χ1) is 32.3. The van der Waals surface area contributed by atoms with Crippen LogP contribution in [-0.2, 0) is 5.41 Å². The smallest absolute Gasteiger partial charge is 0.0765 e. The highest BCUT2D eigenvalue weighted by Gasteiger charge is 2.45. The average molecular weight is 883 g/mol. The molecule has 2 unspecified atom stereocenters. The first-order valence-electron chi connectivity index (χ1n) is 22.9. The summed E-state index contributed by atoms with van der Waals surface area (Å²) in [4.78, 5) is 8.86. The number of benzene rings is 9. The lowest BCUT2D eigenvalue weighted by molar-refractivity contribution is 0.570. The summed E-state index contributed by atoms with van der Waals surface area (Å²) in [6, 6.07) is 67.8. The van der Waals surface area contributed by atoms with Crippen molar-refractivity contribution in [3.63, 3.8) is 0 Å². The molecule has 0 fully saturated rings. The fourth-order valence-corrected chi connectivity index (χ4v) is 13.4. The van der Waals surface area contributed by atoms with Gasteiger partial charge in [0.25, 0.3) is 0 Å².